The number of hydrogen-bond donors (Lipinski definition) is 2. The lowest BCUT2D eigenvalue weighted by atomic mass is 10.3. The maximum Gasteiger partial charge on any atom is 0.221 e. The molecule has 0 fully saturated rings. The average molecular weight is 309 g/mol. The molecule has 1 amide bonds. The van der Waals surface area contributed by atoms with E-state index in [1.54, 1.807) is 18.4 Å². The van der Waals surface area contributed by atoms with E-state index in [1.165, 1.54) is 0 Å². The van der Waals surface area contributed by atoms with E-state index in [0.717, 1.165) is 36.0 Å². The monoisotopic (exact) mass is 309 g/mol. The minimum Gasteiger partial charge on any atom is -0.359 e. The minimum atomic E-state index is 0.0496. The van der Waals surface area contributed by atoms with Gasteiger partial charge in [0.25, 0.3) is 0 Å². The van der Waals surface area contributed by atoms with Gasteiger partial charge in [-0.25, -0.2) is 4.98 Å². The molecule has 0 saturated heterocycles. The van der Waals surface area contributed by atoms with Crippen molar-refractivity contribution in [3.8, 4) is 0 Å². The molecule has 0 spiro atoms. The normalized spacial score (nSPS) is 11.0. The number of hydrogen-bond acceptors (Lipinski definition) is 5. The van der Waals surface area contributed by atoms with Crippen LogP contribution in [0, 0.1) is 0 Å². The van der Waals surface area contributed by atoms with Crippen LogP contribution in [0.5, 0.6) is 0 Å². The number of fused-ring (bicyclic) bond motifs is 1. The summed E-state index contributed by atoms with van der Waals surface area (Å²) < 4.78 is 2.12. The fourth-order valence-electron chi connectivity index (χ4n) is 2.17. The Balaban J connectivity index is 2.14. The second kappa shape index (κ2) is 7.42. The number of thiazole rings is 1. The van der Waals surface area contributed by atoms with Crippen LogP contribution in [-0.4, -0.2) is 42.5 Å². The Kier molecular flexibility index (Phi) is 5.58. The van der Waals surface area contributed by atoms with E-state index in [4.69, 9.17) is 4.98 Å². The number of aromatic nitrogens is 2. The quantitative estimate of drug-likeness (QED) is 0.725. The standard InChI is InChI=1S/C14H23N5OS/c1-4-6-16-10-11-13(17-14-19(11)8-9-21-14)18(3)7-5-12(20)15-2/h8-9,16H,4-7,10H2,1-3H3,(H,15,20). The molecule has 0 saturated carbocycles. The summed E-state index contributed by atoms with van der Waals surface area (Å²) in [7, 11) is 3.65. The van der Waals surface area contributed by atoms with Gasteiger partial charge in [0.2, 0.25) is 5.91 Å². The van der Waals surface area contributed by atoms with Crippen LogP contribution in [0.25, 0.3) is 4.96 Å². The van der Waals surface area contributed by atoms with Gasteiger partial charge in [-0.15, -0.1) is 11.3 Å². The van der Waals surface area contributed by atoms with Gasteiger partial charge < -0.3 is 15.5 Å². The fraction of sp³-hybridized carbons (Fsp3) is 0.571. The minimum absolute atomic E-state index is 0.0496. The lowest BCUT2D eigenvalue weighted by molar-refractivity contribution is -0.120. The summed E-state index contributed by atoms with van der Waals surface area (Å²) in [5.41, 5.74) is 1.15. The first kappa shape index (κ1) is 15.8. The third-order valence-corrected chi connectivity index (χ3v) is 4.13. The molecule has 0 unspecified atom stereocenters. The average Bonchev–Trinajstić information content (AvgIpc) is 3.06. The third kappa shape index (κ3) is 3.74. The van der Waals surface area contributed by atoms with Crippen molar-refractivity contribution in [3.63, 3.8) is 0 Å². The van der Waals surface area contributed by atoms with Crippen LogP contribution in [0.1, 0.15) is 25.5 Å². The summed E-state index contributed by atoms with van der Waals surface area (Å²) in [6.45, 7) is 4.58. The van der Waals surface area contributed by atoms with Crippen molar-refractivity contribution < 1.29 is 4.79 Å². The number of rotatable bonds is 8. The Morgan fingerprint density at radius 2 is 2.33 bits per heavy atom. The van der Waals surface area contributed by atoms with Crippen LogP contribution in [0.4, 0.5) is 5.82 Å². The molecule has 2 aromatic rings. The first-order chi connectivity index (χ1) is 10.2. The van der Waals surface area contributed by atoms with Gasteiger partial charge in [-0.3, -0.25) is 9.20 Å². The van der Waals surface area contributed by atoms with Gasteiger partial charge in [-0.1, -0.05) is 6.92 Å². The van der Waals surface area contributed by atoms with E-state index < -0.39 is 0 Å². The van der Waals surface area contributed by atoms with E-state index in [2.05, 4.69) is 26.9 Å². The van der Waals surface area contributed by atoms with Gasteiger partial charge in [0.05, 0.1) is 5.69 Å². The highest BCUT2D eigenvalue weighted by Crippen LogP contribution is 2.24. The molecule has 2 heterocycles. The Hall–Kier alpha value is -1.60. The van der Waals surface area contributed by atoms with Crippen LogP contribution < -0.4 is 15.5 Å². The molecule has 0 radical (unpaired) electrons. The van der Waals surface area contributed by atoms with Crippen LogP contribution >= 0.6 is 11.3 Å². The van der Waals surface area contributed by atoms with Crippen LogP contribution in [0.15, 0.2) is 11.6 Å². The second-order valence-corrected chi connectivity index (χ2v) is 5.83. The summed E-state index contributed by atoms with van der Waals surface area (Å²) in [6, 6.07) is 0. The first-order valence-electron chi connectivity index (χ1n) is 7.24. The predicted octanol–water partition coefficient (Wildman–Crippen LogP) is 1.47. The van der Waals surface area contributed by atoms with Crippen molar-refractivity contribution in [2.75, 3.05) is 32.1 Å². The van der Waals surface area contributed by atoms with Crippen LogP contribution in [0.3, 0.4) is 0 Å². The zero-order chi connectivity index (χ0) is 15.2. The Labute approximate surface area is 129 Å². The smallest absolute Gasteiger partial charge is 0.221 e. The largest absolute Gasteiger partial charge is 0.359 e. The summed E-state index contributed by atoms with van der Waals surface area (Å²) in [5, 5.41) is 8.12. The number of amides is 1. The van der Waals surface area contributed by atoms with E-state index in [-0.39, 0.29) is 5.91 Å². The molecule has 0 aliphatic rings. The van der Waals surface area contributed by atoms with Gasteiger partial charge in [0, 0.05) is 45.2 Å². The van der Waals surface area contributed by atoms with Crippen molar-refractivity contribution >= 4 is 28.0 Å². The molecule has 21 heavy (non-hydrogen) atoms. The molecule has 6 nitrogen and oxygen atoms in total. The highest BCUT2D eigenvalue weighted by atomic mass is 32.1. The lowest BCUT2D eigenvalue weighted by Crippen LogP contribution is -2.27. The number of nitrogens with one attached hydrogen (secondary N) is 2. The van der Waals surface area contributed by atoms with E-state index in [1.807, 2.05) is 18.6 Å². The van der Waals surface area contributed by atoms with Gasteiger partial charge in [-0.2, -0.15) is 0 Å². The lowest BCUT2D eigenvalue weighted by Gasteiger charge is -2.18. The molecule has 116 valence electrons. The van der Waals surface area contributed by atoms with Crippen molar-refractivity contribution in [2.24, 2.45) is 0 Å². The van der Waals surface area contributed by atoms with E-state index >= 15 is 0 Å². The molecule has 0 aliphatic carbocycles. The first-order valence-corrected chi connectivity index (χ1v) is 8.12. The molecule has 7 heteroatoms. The van der Waals surface area contributed by atoms with Gasteiger partial charge in [0.1, 0.15) is 0 Å². The summed E-state index contributed by atoms with van der Waals surface area (Å²) in [4.78, 5) is 19.1. The number of imidazole rings is 1. The zero-order valence-electron chi connectivity index (χ0n) is 12.8. The van der Waals surface area contributed by atoms with Crippen molar-refractivity contribution in [1.29, 1.82) is 0 Å². The number of nitrogens with zero attached hydrogens (tertiary/aromatic N) is 3. The SMILES string of the molecule is CCCNCc1c(N(C)CCC(=O)NC)nc2sccn12. The van der Waals surface area contributed by atoms with Crippen molar-refractivity contribution in [1.82, 2.24) is 20.0 Å². The Morgan fingerprint density at radius 3 is 3.05 bits per heavy atom. The highest BCUT2D eigenvalue weighted by Gasteiger charge is 2.16. The topological polar surface area (TPSA) is 61.7 Å². The predicted molar refractivity (Wildman–Crippen MR) is 87.0 cm³/mol. The number of carbonyl (C=O) groups excluding carboxylic acids is 1. The molecule has 0 atom stereocenters. The molecular weight excluding hydrogens is 286 g/mol. The third-order valence-electron chi connectivity index (χ3n) is 3.37. The van der Waals surface area contributed by atoms with Crippen LogP contribution in [0.2, 0.25) is 0 Å². The Morgan fingerprint density at radius 1 is 1.52 bits per heavy atom. The van der Waals surface area contributed by atoms with Crippen molar-refractivity contribution in [2.45, 2.75) is 26.3 Å². The van der Waals surface area contributed by atoms with E-state index in [9.17, 15) is 4.79 Å². The Bertz CT molecular complexity index is 591. The fourth-order valence-corrected chi connectivity index (χ4v) is 2.90. The summed E-state index contributed by atoms with van der Waals surface area (Å²) in [6.07, 6.45) is 3.62. The maximum atomic E-state index is 11.4. The molecule has 0 aliphatic heterocycles. The number of carbonyl (C=O) groups is 1. The summed E-state index contributed by atoms with van der Waals surface area (Å²) in [5.74, 6) is 1.00. The number of anilines is 1. The maximum absolute atomic E-state index is 11.4. The zero-order valence-corrected chi connectivity index (χ0v) is 13.7. The molecule has 2 rings (SSSR count). The van der Waals surface area contributed by atoms with E-state index in [0.29, 0.717) is 13.0 Å². The van der Waals surface area contributed by atoms with Gasteiger partial charge >= 0.3 is 0 Å². The van der Waals surface area contributed by atoms with Crippen molar-refractivity contribution in [3.05, 3.63) is 17.3 Å². The van der Waals surface area contributed by atoms with Gasteiger partial charge in [-0.05, 0) is 13.0 Å². The molecule has 0 aromatic carbocycles. The van der Waals surface area contributed by atoms with Crippen LogP contribution in [-0.2, 0) is 11.3 Å². The highest BCUT2D eigenvalue weighted by molar-refractivity contribution is 7.15. The second-order valence-electron chi connectivity index (χ2n) is 4.96. The molecule has 2 N–H and O–H groups in total. The molecule has 2 aromatic heterocycles. The molecule has 0 bridgehead atoms. The molecular formula is C14H23N5OS. The summed E-state index contributed by atoms with van der Waals surface area (Å²) >= 11 is 1.63. The van der Waals surface area contributed by atoms with Gasteiger partial charge in [0.15, 0.2) is 10.8 Å².